The molecule has 6 heteroatoms. The van der Waals surface area contributed by atoms with Gasteiger partial charge in [-0.15, -0.1) is 0 Å². The summed E-state index contributed by atoms with van der Waals surface area (Å²) in [6, 6.07) is 9.87. The highest BCUT2D eigenvalue weighted by Crippen LogP contribution is 2.16. The van der Waals surface area contributed by atoms with Crippen LogP contribution in [-0.4, -0.2) is 21.9 Å². The van der Waals surface area contributed by atoms with Crippen LogP contribution in [0.3, 0.4) is 0 Å². The van der Waals surface area contributed by atoms with Gasteiger partial charge >= 0.3 is 0 Å². The molecule has 0 spiro atoms. The molecule has 1 aromatic carbocycles. The molecule has 0 bridgehead atoms. The molecule has 112 valence electrons. The minimum Gasteiger partial charge on any atom is -0.494 e. The largest absolute Gasteiger partial charge is 0.494 e. The Hall–Kier alpha value is -2.89. The Bertz CT molecular complexity index is 812. The van der Waals surface area contributed by atoms with Crippen molar-refractivity contribution in [3.8, 4) is 5.75 Å². The Kier molecular flexibility index (Phi) is 3.74. The van der Waals surface area contributed by atoms with Crippen LogP contribution in [0.25, 0.3) is 5.65 Å². The normalized spacial score (nSPS) is 10.6. The summed E-state index contributed by atoms with van der Waals surface area (Å²) >= 11 is 0. The molecular weight excluding hydrogens is 285 g/mol. The summed E-state index contributed by atoms with van der Waals surface area (Å²) in [4.78, 5) is 16.3. The Morgan fingerprint density at radius 2 is 2.00 bits per heavy atom. The van der Waals surface area contributed by atoms with E-state index in [0.717, 1.165) is 5.75 Å². The predicted octanol–water partition coefficient (Wildman–Crippen LogP) is 3.12. The summed E-state index contributed by atoms with van der Waals surface area (Å²) in [6.07, 6.45) is 2.76. The van der Waals surface area contributed by atoms with Gasteiger partial charge < -0.3 is 14.5 Å². The van der Waals surface area contributed by atoms with E-state index in [-0.39, 0.29) is 17.4 Å². The number of fused-ring (bicyclic) bond motifs is 1. The van der Waals surface area contributed by atoms with E-state index in [1.54, 1.807) is 24.3 Å². The Labute approximate surface area is 126 Å². The van der Waals surface area contributed by atoms with Crippen LogP contribution in [0.5, 0.6) is 5.75 Å². The topological polar surface area (TPSA) is 55.6 Å². The van der Waals surface area contributed by atoms with Crippen LogP contribution in [0.15, 0.2) is 48.8 Å². The van der Waals surface area contributed by atoms with Crippen molar-refractivity contribution in [1.29, 1.82) is 0 Å². The van der Waals surface area contributed by atoms with Gasteiger partial charge in [-0.25, -0.2) is 9.37 Å². The van der Waals surface area contributed by atoms with Crippen LogP contribution >= 0.6 is 0 Å². The number of hydrogen-bond donors (Lipinski definition) is 1. The third-order valence-corrected chi connectivity index (χ3v) is 3.07. The average molecular weight is 299 g/mol. The maximum absolute atomic E-state index is 13.1. The quantitative estimate of drug-likeness (QED) is 0.805. The second-order valence-electron chi connectivity index (χ2n) is 4.65. The summed E-state index contributed by atoms with van der Waals surface area (Å²) in [5, 5.41) is 2.74. The first-order valence-electron chi connectivity index (χ1n) is 6.84. The lowest BCUT2D eigenvalue weighted by molar-refractivity contribution is 0.102. The molecule has 2 aromatic heterocycles. The Morgan fingerprint density at radius 1 is 1.23 bits per heavy atom. The van der Waals surface area contributed by atoms with E-state index in [2.05, 4.69) is 10.3 Å². The number of pyridine rings is 1. The van der Waals surface area contributed by atoms with Gasteiger partial charge in [-0.2, -0.15) is 0 Å². The smallest absolute Gasteiger partial charge is 0.275 e. The van der Waals surface area contributed by atoms with E-state index >= 15 is 0 Å². The number of amides is 1. The minimum atomic E-state index is -0.386. The number of imidazole rings is 1. The van der Waals surface area contributed by atoms with Crippen molar-refractivity contribution in [2.45, 2.75) is 6.92 Å². The van der Waals surface area contributed by atoms with Crippen molar-refractivity contribution in [3.05, 3.63) is 60.3 Å². The molecular formula is C16H14FN3O2. The molecule has 0 aliphatic heterocycles. The zero-order valence-electron chi connectivity index (χ0n) is 11.9. The van der Waals surface area contributed by atoms with E-state index in [4.69, 9.17) is 4.74 Å². The zero-order chi connectivity index (χ0) is 15.5. The number of hydrogen-bond acceptors (Lipinski definition) is 3. The first-order chi connectivity index (χ1) is 10.7. The van der Waals surface area contributed by atoms with E-state index in [0.29, 0.717) is 17.9 Å². The van der Waals surface area contributed by atoms with Crippen molar-refractivity contribution < 1.29 is 13.9 Å². The molecule has 3 aromatic rings. The number of carbonyl (C=O) groups excluding carboxylic acids is 1. The predicted molar refractivity (Wildman–Crippen MR) is 80.7 cm³/mol. The summed E-state index contributed by atoms with van der Waals surface area (Å²) in [5.41, 5.74) is 1.37. The molecule has 1 N–H and O–H groups in total. The van der Waals surface area contributed by atoms with Gasteiger partial charge in [-0.1, -0.05) is 0 Å². The van der Waals surface area contributed by atoms with Crippen molar-refractivity contribution in [2.75, 3.05) is 11.9 Å². The van der Waals surface area contributed by atoms with Crippen LogP contribution in [0, 0.1) is 5.82 Å². The highest BCUT2D eigenvalue weighted by Gasteiger charge is 2.11. The fraction of sp³-hybridized carbons (Fsp3) is 0.125. The molecule has 0 unspecified atom stereocenters. The molecule has 22 heavy (non-hydrogen) atoms. The van der Waals surface area contributed by atoms with Gasteiger partial charge in [0.05, 0.1) is 6.61 Å². The molecule has 0 radical (unpaired) electrons. The van der Waals surface area contributed by atoms with Gasteiger partial charge in [0, 0.05) is 18.1 Å². The molecule has 0 atom stereocenters. The molecule has 0 saturated heterocycles. The number of anilines is 1. The minimum absolute atomic E-state index is 0.222. The second kappa shape index (κ2) is 5.85. The average Bonchev–Trinajstić information content (AvgIpc) is 2.92. The SMILES string of the molecule is CCOc1ccc(NC(=O)c2cn3cc(F)ccc3n2)cc1. The molecule has 0 aliphatic carbocycles. The van der Waals surface area contributed by atoms with Gasteiger partial charge in [-0.05, 0) is 43.3 Å². The fourth-order valence-electron chi connectivity index (χ4n) is 2.07. The number of aromatic nitrogens is 2. The molecule has 5 nitrogen and oxygen atoms in total. The molecule has 3 rings (SSSR count). The summed E-state index contributed by atoms with van der Waals surface area (Å²) in [7, 11) is 0. The van der Waals surface area contributed by atoms with E-state index in [9.17, 15) is 9.18 Å². The highest BCUT2D eigenvalue weighted by molar-refractivity contribution is 6.03. The summed E-state index contributed by atoms with van der Waals surface area (Å²) in [6.45, 7) is 2.49. The summed E-state index contributed by atoms with van der Waals surface area (Å²) in [5.74, 6) is 0.000318. The molecule has 0 aliphatic rings. The van der Waals surface area contributed by atoms with Crippen molar-refractivity contribution in [1.82, 2.24) is 9.38 Å². The Morgan fingerprint density at radius 3 is 2.73 bits per heavy atom. The summed E-state index contributed by atoms with van der Waals surface area (Å²) < 4.78 is 19.9. The molecule has 0 saturated carbocycles. The highest BCUT2D eigenvalue weighted by atomic mass is 19.1. The van der Waals surface area contributed by atoms with E-state index in [1.807, 2.05) is 6.92 Å². The van der Waals surface area contributed by atoms with Crippen molar-refractivity contribution in [3.63, 3.8) is 0 Å². The van der Waals surface area contributed by atoms with Gasteiger partial charge in [0.15, 0.2) is 0 Å². The van der Waals surface area contributed by atoms with E-state index < -0.39 is 0 Å². The number of ether oxygens (including phenoxy) is 1. The number of nitrogens with one attached hydrogen (secondary N) is 1. The molecule has 2 heterocycles. The third kappa shape index (κ3) is 2.90. The fourth-order valence-corrected chi connectivity index (χ4v) is 2.07. The van der Waals surface area contributed by atoms with E-state index in [1.165, 1.54) is 28.9 Å². The number of nitrogens with zero attached hydrogens (tertiary/aromatic N) is 2. The number of halogens is 1. The molecule has 0 fully saturated rings. The maximum Gasteiger partial charge on any atom is 0.275 e. The monoisotopic (exact) mass is 299 g/mol. The maximum atomic E-state index is 13.1. The van der Waals surface area contributed by atoms with Gasteiger partial charge in [0.25, 0.3) is 5.91 Å². The number of carbonyl (C=O) groups is 1. The van der Waals surface area contributed by atoms with Gasteiger partial charge in [-0.3, -0.25) is 4.79 Å². The van der Waals surface area contributed by atoms with Crippen LogP contribution in [-0.2, 0) is 0 Å². The van der Waals surface area contributed by atoms with Crippen LogP contribution in [0.1, 0.15) is 17.4 Å². The van der Waals surface area contributed by atoms with Crippen LogP contribution in [0.2, 0.25) is 0 Å². The third-order valence-electron chi connectivity index (χ3n) is 3.07. The lowest BCUT2D eigenvalue weighted by Crippen LogP contribution is -2.12. The Balaban J connectivity index is 1.77. The van der Waals surface area contributed by atoms with Gasteiger partial charge in [0.2, 0.25) is 0 Å². The standard InChI is InChI=1S/C16H14FN3O2/c1-2-22-13-6-4-12(5-7-13)18-16(21)14-10-20-9-11(17)3-8-15(20)19-14/h3-10H,2H2,1H3,(H,18,21). The first-order valence-corrected chi connectivity index (χ1v) is 6.84. The first kappa shape index (κ1) is 14.1. The zero-order valence-corrected chi connectivity index (χ0v) is 11.9. The van der Waals surface area contributed by atoms with Gasteiger partial charge in [0.1, 0.15) is 22.9 Å². The number of rotatable bonds is 4. The lowest BCUT2D eigenvalue weighted by Gasteiger charge is -2.05. The molecule has 1 amide bonds. The van der Waals surface area contributed by atoms with Crippen molar-refractivity contribution >= 4 is 17.2 Å². The number of benzene rings is 1. The van der Waals surface area contributed by atoms with Crippen LogP contribution in [0.4, 0.5) is 10.1 Å². The van der Waals surface area contributed by atoms with Crippen molar-refractivity contribution in [2.24, 2.45) is 0 Å². The van der Waals surface area contributed by atoms with Crippen LogP contribution < -0.4 is 10.1 Å². The second-order valence-corrected chi connectivity index (χ2v) is 4.65. The lowest BCUT2D eigenvalue weighted by atomic mass is 10.3.